The molecule has 1 heterocycles. The fourth-order valence-corrected chi connectivity index (χ4v) is 5.43. The summed E-state index contributed by atoms with van der Waals surface area (Å²) in [6.07, 6.45) is 3.49. The Hall–Kier alpha value is -0.430. The lowest BCUT2D eigenvalue weighted by Gasteiger charge is -2.31. The number of hydrogen-bond acceptors (Lipinski definition) is 4. The van der Waals surface area contributed by atoms with Crippen molar-refractivity contribution < 1.29 is 8.42 Å². The van der Waals surface area contributed by atoms with E-state index in [2.05, 4.69) is 23.9 Å². The molecule has 2 rings (SSSR count). The van der Waals surface area contributed by atoms with Gasteiger partial charge in [-0.2, -0.15) is 0 Å². The van der Waals surface area contributed by atoms with Gasteiger partial charge in [0.05, 0.1) is 4.90 Å². The van der Waals surface area contributed by atoms with Gasteiger partial charge in [0, 0.05) is 28.4 Å². The highest BCUT2D eigenvalue weighted by atomic mass is 32.2. The van der Waals surface area contributed by atoms with E-state index in [0.29, 0.717) is 16.9 Å². The van der Waals surface area contributed by atoms with Crippen molar-refractivity contribution >= 4 is 21.4 Å². The number of rotatable bonds is 7. The molecule has 1 aromatic heterocycles. The highest BCUT2D eigenvalue weighted by molar-refractivity contribution is 7.89. The summed E-state index contributed by atoms with van der Waals surface area (Å²) >= 11 is 1.56. The molecule has 1 aromatic rings. The zero-order chi connectivity index (χ0) is 15.6. The molecule has 1 atom stereocenters. The number of aryl methyl sites for hydroxylation is 1. The van der Waals surface area contributed by atoms with E-state index in [4.69, 9.17) is 0 Å². The summed E-state index contributed by atoms with van der Waals surface area (Å²) in [6.45, 7) is 8.74. The summed E-state index contributed by atoms with van der Waals surface area (Å²) in [6, 6.07) is 2.23. The Bertz CT molecular complexity index is 574. The summed E-state index contributed by atoms with van der Waals surface area (Å²) in [7, 11) is -3.40. The highest BCUT2D eigenvalue weighted by Crippen LogP contribution is 2.31. The molecule has 0 bridgehead atoms. The highest BCUT2D eigenvalue weighted by Gasteiger charge is 2.29. The van der Waals surface area contributed by atoms with Crippen LogP contribution in [0.15, 0.2) is 11.0 Å². The normalized spacial score (nSPS) is 18.0. The van der Waals surface area contributed by atoms with E-state index in [-0.39, 0.29) is 6.04 Å². The van der Waals surface area contributed by atoms with Gasteiger partial charge in [0.15, 0.2) is 0 Å². The molecule has 0 radical (unpaired) electrons. The van der Waals surface area contributed by atoms with E-state index >= 15 is 0 Å². The molecular weight excluding hydrogens is 304 g/mol. The van der Waals surface area contributed by atoms with Crippen molar-refractivity contribution in [3.63, 3.8) is 0 Å². The Morgan fingerprint density at radius 2 is 2.00 bits per heavy atom. The second-order valence-electron chi connectivity index (χ2n) is 6.27. The first-order chi connectivity index (χ1) is 9.79. The molecule has 0 spiro atoms. The van der Waals surface area contributed by atoms with Gasteiger partial charge in [-0.15, -0.1) is 11.3 Å². The lowest BCUT2D eigenvalue weighted by Crippen LogP contribution is -2.40. The third-order valence-electron chi connectivity index (χ3n) is 4.10. The first-order valence-corrected chi connectivity index (χ1v) is 9.94. The van der Waals surface area contributed by atoms with Crippen molar-refractivity contribution in [2.24, 2.45) is 5.92 Å². The first kappa shape index (κ1) is 16.9. The van der Waals surface area contributed by atoms with Gasteiger partial charge in [-0.05, 0) is 38.7 Å². The van der Waals surface area contributed by atoms with Gasteiger partial charge >= 0.3 is 0 Å². The number of hydrogen-bond donors (Lipinski definition) is 2. The fraction of sp³-hybridized carbons (Fsp3) is 0.733. The molecule has 2 N–H and O–H groups in total. The monoisotopic (exact) mass is 330 g/mol. The second kappa shape index (κ2) is 6.77. The lowest BCUT2D eigenvalue weighted by atomic mass is 9.81. The Balaban J connectivity index is 2.08. The topological polar surface area (TPSA) is 58.2 Å². The summed E-state index contributed by atoms with van der Waals surface area (Å²) in [5.41, 5.74) is 0. The molecular formula is C15H26N2O2S2. The van der Waals surface area contributed by atoms with Crippen LogP contribution < -0.4 is 10.0 Å². The minimum Gasteiger partial charge on any atom is -0.310 e. The van der Waals surface area contributed by atoms with Crippen LogP contribution >= 0.6 is 11.3 Å². The molecule has 1 unspecified atom stereocenters. The van der Waals surface area contributed by atoms with Crippen molar-refractivity contribution in [1.29, 1.82) is 0 Å². The molecule has 6 heteroatoms. The maximum atomic E-state index is 12.5. The van der Waals surface area contributed by atoms with Crippen molar-refractivity contribution in [2.45, 2.75) is 70.5 Å². The molecule has 0 saturated heterocycles. The Labute approximate surface area is 132 Å². The smallest absolute Gasteiger partial charge is 0.241 e. The van der Waals surface area contributed by atoms with Crippen LogP contribution in [-0.4, -0.2) is 20.5 Å². The van der Waals surface area contributed by atoms with E-state index in [1.54, 1.807) is 11.3 Å². The van der Waals surface area contributed by atoms with E-state index in [1.165, 1.54) is 6.42 Å². The van der Waals surface area contributed by atoms with Crippen molar-refractivity contribution in [3.8, 4) is 0 Å². The maximum absolute atomic E-state index is 12.5. The minimum atomic E-state index is -3.40. The van der Waals surface area contributed by atoms with E-state index in [1.807, 2.05) is 19.9 Å². The molecule has 1 aliphatic carbocycles. The summed E-state index contributed by atoms with van der Waals surface area (Å²) in [5.74, 6) is 0.501. The molecule has 0 amide bonds. The van der Waals surface area contributed by atoms with Crippen LogP contribution in [0.5, 0.6) is 0 Å². The van der Waals surface area contributed by atoms with Crippen LogP contribution in [0.2, 0.25) is 0 Å². The third kappa shape index (κ3) is 4.28. The van der Waals surface area contributed by atoms with Gasteiger partial charge in [0.1, 0.15) is 0 Å². The number of nitrogens with one attached hydrogen (secondary N) is 2. The van der Waals surface area contributed by atoms with Crippen LogP contribution in [0.25, 0.3) is 0 Å². The predicted octanol–water partition coefficient (Wildman–Crippen LogP) is 3.02. The Kier molecular flexibility index (Phi) is 5.46. The van der Waals surface area contributed by atoms with Gasteiger partial charge in [-0.25, -0.2) is 13.1 Å². The van der Waals surface area contributed by atoms with Gasteiger partial charge in [0.2, 0.25) is 10.0 Å². The molecule has 21 heavy (non-hydrogen) atoms. The summed E-state index contributed by atoms with van der Waals surface area (Å²) in [4.78, 5) is 2.38. The fourth-order valence-electron chi connectivity index (χ4n) is 2.53. The third-order valence-corrected chi connectivity index (χ3v) is 6.96. The summed E-state index contributed by atoms with van der Waals surface area (Å²) < 4.78 is 27.9. The largest absolute Gasteiger partial charge is 0.310 e. The zero-order valence-corrected chi connectivity index (χ0v) is 14.9. The first-order valence-electron chi connectivity index (χ1n) is 7.64. The average Bonchev–Trinajstić information content (AvgIpc) is 2.65. The van der Waals surface area contributed by atoms with Gasteiger partial charge in [-0.3, -0.25) is 0 Å². The van der Waals surface area contributed by atoms with Gasteiger partial charge < -0.3 is 5.32 Å². The van der Waals surface area contributed by atoms with E-state index < -0.39 is 10.0 Å². The predicted molar refractivity (Wildman–Crippen MR) is 88.2 cm³/mol. The average molecular weight is 331 g/mol. The van der Waals surface area contributed by atoms with Crippen LogP contribution in [0.4, 0.5) is 0 Å². The number of thiophene rings is 1. The second-order valence-corrected chi connectivity index (χ2v) is 9.29. The van der Waals surface area contributed by atoms with Crippen LogP contribution in [-0.2, 0) is 16.6 Å². The zero-order valence-electron chi connectivity index (χ0n) is 13.3. The van der Waals surface area contributed by atoms with E-state index in [0.717, 1.165) is 29.1 Å². The van der Waals surface area contributed by atoms with Gasteiger partial charge in [0.25, 0.3) is 0 Å². The molecule has 1 aliphatic rings. The summed E-state index contributed by atoms with van der Waals surface area (Å²) in [5, 5.41) is 3.33. The van der Waals surface area contributed by atoms with E-state index in [9.17, 15) is 8.42 Å². The van der Waals surface area contributed by atoms with Crippen LogP contribution in [0.1, 0.15) is 49.8 Å². The molecule has 1 fully saturated rings. The molecule has 120 valence electrons. The van der Waals surface area contributed by atoms with Crippen molar-refractivity contribution in [1.82, 2.24) is 10.0 Å². The van der Waals surface area contributed by atoms with Gasteiger partial charge in [-0.1, -0.05) is 20.3 Å². The molecule has 0 aromatic carbocycles. The van der Waals surface area contributed by atoms with Crippen LogP contribution in [0.3, 0.4) is 0 Å². The lowest BCUT2D eigenvalue weighted by molar-refractivity contribution is 0.260. The van der Waals surface area contributed by atoms with Crippen molar-refractivity contribution in [2.75, 3.05) is 0 Å². The quantitative estimate of drug-likeness (QED) is 0.808. The minimum absolute atomic E-state index is 0.0280. The Morgan fingerprint density at radius 1 is 1.33 bits per heavy atom. The number of sulfonamides is 1. The van der Waals surface area contributed by atoms with Crippen LogP contribution in [0, 0.1) is 12.8 Å². The molecule has 1 saturated carbocycles. The molecule has 4 nitrogen and oxygen atoms in total. The van der Waals surface area contributed by atoms with Crippen molar-refractivity contribution in [3.05, 3.63) is 15.8 Å². The maximum Gasteiger partial charge on any atom is 0.241 e. The molecule has 0 aliphatic heterocycles. The standard InChI is InChI=1S/C15H26N2O2S2/c1-10(2)16-9-14-8-15(12(4)20-14)21(18,19)17-11(3)13-6-5-7-13/h8,10-11,13,16-17H,5-7,9H2,1-4H3. The Morgan fingerprint density at radius 3 is 2.52 bits per heavy atom. The SMILES string of the molecule is Cc1sc(CNC(C)C)cc1S(=O)(=O)NC(C)C1CCC1.